The number of nitriles is 1. The van der Waals surface area contributed by atoms with Crippen molar-refractivity contribution in [2.24, 2.45) is 0 Å². The number of hydrogen-bond acceptors (Lipinski definition) is 6. The zero-order valence-corrected chi connectivity index (χ0v) is 12.6. The van der Waals surface area contributed by atoms with Crippen molar-refractivity contribution in [3.63, 3.8) is 0 Å². The minimum atomic E-state index is 0.111. The Kier molecular flexibility index (Phi) is 4.90. The highest BCUT2D eigenvalue weighted by atomic mass is 35.5. The molecule has 0 spiro atoms. The van der Waals surface area contributed by atoms with Crippen molar-refractivity contribution in [3.8, 4) is 6.07 Å². The third-order valence-corrected chi connectivity index (χ3v) is 2.92. The first kappa shape index (κ1) is 15.0. The molecule has 2 rings (SSSR count). The summed E-state index contributed by atoms with van der Waals surface area (Å²) in [5.41, 5.74) is 2.30. The van der Waals surface area contributed by atoms with Crippen LogP contribution >= 0.6 is 11.6 Å². The minimum Gasteiger partial charge on any atom is -0.354 e. The summed E-state index contributed by atoms with van der Waals surface area (Å²) in [7, 11) is 0. The average molecular weight is 303 g/mol. The van der Waals surface area contributed by atoms with Crippen LogP contribution in [0.2, 0.25) is 5.28 Å². The van der Waals surface area contributed by atoms with Crippen LogP contribution in [-0.2, 0) is 0 Å². The maximum atomic E-state index is 8.95. The second-order valence-corrected chi connectivity index (χ2v) is 4.78. The molecule has 0 saturated heterocycles. The van der Waals surface area contributed by atoms with Gasteiger partial charge in [-0.25, -0.2) is 0 Å². The van der Waals surface area contributed by atoms with Gasteiger partial charge in [0, 0.05) is 12.2 Å². The molecule has 2 aromatic rings. The molecule has 21 heavy (non-hydrogen) atoms. The summed E-state index contributed by atoms with van der Waals surface area (Å²) >= 11 is 5.90. The van der Waals surface area contributed by atoms with Crippen LogP contribution in [-0.4, -0.2) is 21.5 Å². The highest BCUT2D eigenvalue weighted by Crippen LogP contribution is 2.21. The van der Waals surface area contributed by atoms with Crippen LogP contribution in [0.3, 0.4) is 0 Å². The van der Waals surface area contributed by atoms with Crippen LogP contribution in [0.15, 0.2) is 18.2 Å². The molecular formula is C14H15ClN6. The summed E-state index contributed by atoms with van der Waals surface area (Å²) < 4.78 is 0. The van der Waals surface area contributed by atoms with Crippen LogP contribution < -0.4 is 10.6 Å². The monoisotopic (exact) mass is 302 g/mol. The Morgan fingerprint density at radius 1 is 1.24 bits per heavy atom. The van der Waals surface area contributed by atoms with Gasteiger partial charge >= 0.3 is 0 Å². The van der Waals surface area contributed by atoms with Crippen molar-refractivity contribution in [1.82, 2.24) is 15.0 Å². The number of benzene rings is 1. The maximum absolute atomic E-state index is 8.95. The molecule has 0 atom stereocenters. The van der Waals surface area contributed by atoms with Crippen molar-refractivity contribution < 1.29 is 0 Å². The van der Waals surface area contributed by atoms with Crippen molar-refractivity contribution >= 4 is 29.2 Å². The minimum absolute atomic E-state index is 0.111. The van der Waals surface area contributed by atoms with E-state index in [0.717, 1.165) is 24.2 Å². The molecule has 6 nitrogen and oxygen atoms in total. The molecule has 0 radical (unpaired) electrons. The van der Waals surface area contributed by atoms with Gasteiger partial charge in [0.1, 0.15) is 0 Å². The Bertz CT molecular complexity index is 680. The fourth-order valence-corrected chi connectivity index (χ4v) is 1.83. The van der Waals surface area contributed by atoms with Gasteiger partial charge in [0.2, 0.25) is 17.2 Å². The quantitative estimate of drug-likeness (QED) is 0.881. The van der Waals surface area contributed by atoms with Gasteiger partial charge in [-0.05, 0) is 42.6 Å². The Hall–Kier alpha value is -2.39. The van der Waals surface area contributed by atoms with Crippen LogP contribution in [0.1, 0.15) is 24.5 Å². The predicted octanol–water partition coefficient (Wildman–Crippen LogP) is 3.27. The summed E-state index contributed by atoms with van der Waals surface area (Å²) in [5.74, 6) is 0.764. The molecule has 0 fully saturated rings. The largest absolute Gasteiger partial charge is 0.354 e. The number of aromatic nitrogens is 3. The summed E-state index contributed by atoms with van der Waals surface area (Å²) in [6, 6.07) is 7.46. The summed E-state index contributed by atoms with van der Waals surface area (Å²) in [6.45, 7) is 4.73. The predicted molar refractivity (Wildman–Crippen MR) is 82.8 cm³/mol. The molecule has 0 aliphatic rings. The van der Waals surface area contributed by atoms with Crippen LogP contribution in [0, 0.1) is 18.3 Å². The smallest absolute Gasteiger partial charge is 0.233 e. The standard InChI is InChI=1S/C14H15ClN6/c1-3-6-17-13-19-12(15)20-14(21-13)18-11-7-10(8-16)5-4-9(11)2/h4-5,7H,3,6H2,1-2H3,(H2,17,18,19,20,21). The van der Waals surface area contributed by atoms with E-state index in [1.807, 2.05) is 19.9 Å². The maximum Gasteiger partial charge on any atom is 0.233 e. The fraction of sp³-hybridized carbons (Fsp3) is 0.286. The lowest BCUT2D eigenvalue weighted by molar-refractivity contribution is 0.940. The first-order chi connectivity index (χ1) is 10.1. The van der Waals surface area contributed by atoms with Gasteiger partial charge in [-0.15, -0.1) is 0 Å². The van der Waals surface area contributed by atoms with E-state index in [1.54, 1.807) is 12.1 Å². The average Bonchev–Trinajstić information content (AvgIpc) is 2.47. The molecule has 1 aromatic heterocycles. The van der Waals surface area contributed by atoms with E-state index in [1.165, 1.54) is 0 Å². The number of halogens is 1. The second-order valence-electron chi connectivity index (χ2n) is 4.44. The molecular weight excluding hydrogens is 288 g/mol. The number of hydrogen-bond donors (Lipinski definition) is 2. The van der Waals surface area contributed by atoms with Crippen molar-refractivity contribution in [1.29, 1.82) is 5.26 Å². The molecule has 0 aliphatic carbocycles. The van der Waals surface area contributed by atoms with E-state index in [-0.39, 0.29) is 5.28 Å². The van der Waals surface area contributed by atoms with Gasteiger partial charge in [-0.2, -0.15) is 20.2 Å². The van der Waals surface area contributed by atoms with Crippen molar-refractivity contribution in [2.75, 3.05) is 17.2 Å². The number of nitrogens with zero attached hydrogens (tertiary/aromatic N) is 4. The Labute approximate surface area is 128 Å². The highest BCUT2D eigenvalue weighted by Gasteiger charge is 2.07. The van der Waals surface area contributed by atoms with Crippen LogP contribution in [0.25, 0.3) is 0 Å². The summed E-state index contributed by atoms with van der Waals surface area (Å²) in [6.07, 6.45) is 0.954. The van der Waals surface area contributed by atoms with E-state index in [0.29, 0.717) is 17.5 Å². The van der Waals surface area contributed by atoms with Gasteiger partial charge in [0.05, 0.1) is 11.6 Å². The molecule has 1 heterocycles. The molecule has 0 saturated carbocycles. The van der Waals surface area contributed by atoms with E-state index in [2.05, 4.69) is 31.7 Å². The molecule has 0 aliphatic heterocycles. The molecule has 2 N–H and O–H groups in total. The lowest BCUT2D eigenvalue weighted by Gasteiger charge is -2.10. The number of aryl methyl sites for hydroxylation is 1. The molecule has 7 heteroatoms. The lowest BCUT2D eigenvalue weighted by Crippen LogP contribution is -2.08. The Balaban J connectivity index is 2.27. The van der Waals surface area contributed by atoms with Crippen molar-refractivity contribution in [2.45, 2.75) is 20.3 Å². The first-order valence-corrected chi connectivity index (χ1v) is 6.93. The molecule has 0 amide bonds. The van der Waals surface area contributed by atoms with E-state index in [9.17, 15) is 0 Å². The van der Waals surface area contributed by atoms with E-state index in [4.69, 9.17) is 16.9 Å². The van der Waals surface area contributed by atoms with Gasteiger partial charge in [-0.3, -0.25) is 0 Å². The SMILES string of the molecule is CCCNc1nc(Cl)nc(Nc2cc(C#N)ccc2C)n1. The topological polar surface area (TPSA) is 86.5 Å². The molecule has 0 bridgehead atoms. The molecule has 0 unspecified atom stereocenters. The fourth-order valence-electron chi connectivity index (χ4n) is 1.67. The number of anilines is 3. The number of nitrogens with one attached hydrogen (secondary N) is 2. The summed E-state index contributed by atoms with van der Waals surface area (Å²) in [5, 5.41) is 15.2. The van der Waals surface area contributed by atoms with Gasteiger partial charge in [0.25, 0.3) is 0 Å². The Morgan fingerprint density at radius 3 is 2.71 bits per heavy atom. The Morgan fingerprint density at radius 2 is 2.00 bits per heavy atom. The third-order valence-electron chi connectivity index (χ3n) is 2.75. The third kappa shape index (κ3) is 4.04. The van der Waals surface area contributed by atoms with Crippen LogP contribution in [0.5, 0.6) is 0 Å². The molecule has 1 aromatic carbocycles. The van der Waals surface area contributed by atoms with E-state index < -0.39 is 0 Å². The normalized spacial score (nSPS) is 10.0. The zero-order valence-electron chi connectivity index (χ0n) is 11.8. The van der Waals surface area contributed by atoms with E-state index >= 15 is 0 Å². The summed E-state index contributed by atoms with van der Waals surface area (Å²) in [4.78, 5) is 12.3. The van der Waals surface area contributed by atoms with Gasteiger partial charge in [0.15, 0.2) is 0 Å². The van der Waals surface area contributed by atoms with Crippen molar-refractivity contribution in [3.05, 3.63) is 34.6 Å². The van der Waals surface area contributed by atoms with Gasteiger partial charge < -0.3 is 10.6 Å². The molecule has 108 valence electrons. The second kappa shape index (κ2) is 6.86. The van der Waals surface area contributed by atoms with Crippen LogP contribution in [0.4, 0.5) is 17.6 Å². The highest BCUT2D eigenvalue weighted by molar-refractivity contribution is 6.28. The first-order valence-electron chi connectivity index (χ1n) is 6.55. The van der Waals surface area contributed by atoms with Gasteiger partial charge in [-0.1, -0.05) is 13.0 Å². The lowest BCUT2D eigenvalue weighted by atomic mass is 10.1. The zero-order chi connectivity index (χ0) is 15.2. The number of rotatable bonds is 5.